The molecule has 27 heavy (non-hydrogen) atoms. The number of carbonyl (C=O) groups is 2. The van der Waals surface area contributed by atoms with Crippen LogP contribution in [0.3, 0.4) is 0 Å². The number of hydrogen-bond acceptors (Lipinski definition) is 6. The standard InChI is InChI=1S/C17H17F3N2O5/c1-3-26-14(23)12-9-10-13(27-12)21-16(17(18,19)20,22-15(24)25-2)11-7-5-4-6-8-11/h4-10,21H,3H2,1-2H3,(H,22,24). The van der Waals surface area contributed by atoms with Crippen LogP contribution in [0.4, 0.5) is 23.8 Å². The molecule has 10 heteroatoms. The molecule has 7 nitrogen and oxygen atoms in total. The maximum Gasteiger partial charge on any atom is 0.435 e. The van der Waals surface area contributed by atoms with Crippen molar-refractivity contribution in [2.45, 2.75) is 18.8 Å². The van der Waals surface area contributed by atoms with Crippen LogP contribution in [0.5, 0.6) is 0 Å². The van der Waals surface area contributed by atoms with Crippen LogP contribution in [0.1, 0.15) is 23.0 Å². The van der Waals surface area contributed by atoms with Crippen molar-refractivity contribution in [1.29, 1.82) is 0 Å². The lowest BCUT2D eigenvalue weighted by atomic mass is 9.98. The van der Waals surface area contributed by atoms with E-state index in [1.54, 1.807) is 12.2 Å². The molecule has 0 radical (unpaired) electrons. The lowest BCUT2D eigenvalue weighted by molar-refractivity contribution is -0.189. The van der Waals surface area contributed by atoms with Crippen LogP contribution in [0.15, 0.2) is 46.9 Å². The fourth-order valence-electron chi connectivity index (χ4n) is 2.28. The molecule has 1 heterocycles. The number of hydrogen-bond donors (Lipinski definition) is 2. The fourth-order valence-corrected chi connectivity index (χ4v) is 2.28. The molecule has 0 saturated carbocycles. The van der Waals surface area contributed by atoms with Gasteiger partial charge in [-0.1, -0.05) is 30.3 Å². The third-order valence-corrected chi connectivity index (χ3v) is 3.50. The lowest BCUT2D eigenvalue weighted by Gasteiger charge is -2.36. The Bertz CT molecular complexity index is 791. The van der Waals surface area contributed by atoms with Gasteiger partial charge in [0, 0.05) is 11.6 Å². The normalized spacial score (nSPS) is 13.4. The number of ether oxygens (including phenoxy) is 2. The molecule has 0 aliphatic rings. The quantitative estimate of drug-likeness (QED) is 0.582. The van der Waals surface area contributed by atoms with E-state index in [-0.39, 0.29) is 17.9 Å². The summed E-state index contributed by atoms with van der Waals surface area (Å²) in [6, 6.07) is 8.90. The monoisotopic (exact) mass is 386 g/mol. The number of methoxy groups -OCH3 is 1. The zero-order valence-electron chi connectivity index (χ0n) is 14.4. The molecule has 1 amide bonds. The number of amides is 1. The lowest BCUT2D eigenvalue weighted by Crippen LogP contribution is -2.61. The van der Waals surface area contributed by atoms with Crippen molar-refractivity contribution in [3.63, 3.8) is 0 Å². The molecule has 0 spiro atoms. The molecule has 2 aromatic rings. The Morgan fingerprint density at radius 1 is 1.11 bits per heavy atom. The van der Waals surface area contributed by atoms with Gasteiger partial charge in [0.1, 0.15) is 0 Å². The van der Waals surface area contributed by atoms with Gasteiger partial charge in [0.15, 0.2) is 5.88 Å². The van der Waals surface area contributed by atoms with E-state index >= 15 is 0 Å². The highest BCUT2D eigenvalue weighted by molar-refractivity contribution is 5.86. The van der Waals surface area contributed by atoms with Crippen molar-refractivity contribution in [3.8, 4) is 0 Å². The van der Waals surface area contributed by atoms with Crippen LogP contribution >= 0.6 is 0 Å². The Kier molecular flexibility index (Phi) is 5.98. The number of esters is 1. The first-order valence-electron chi connectivity index (χ1n) is 7.77. The summed E-state index contributed by atoms with van der Waals surface area (Å²) in [5, 5.41) is 3.90. The summed E-state index contributed by atoms with van der Waals surface area (Å²) in [6.45, 7) is 1.65. The first kappa shape index (κ1) is 20.1. The highest BCUT2D eigenvalue weighted by Crippen LogP contribution is 2.40. The van der Waals surface area contributed by atoms with E-state index in [2.05, 4.69) is 10.1 Å². The van der Waals surface area contributed by atoms with Gasteiger partial charge in [0.05, 0.1) is 13.7 Å². The number of halogens is 3. The van der Waals surface area contributed by atoms with E-state index in [0.717, 1.165) is 19.2 Å². The zero-order valence-corrected chi connectivity index (χ0v) is 14.4. The van der Waals surface area contributed by atoms with Gasteiger partial charge in [0.2, 0.25) is 11.4 Å². The van der Waals surface area contributed by atoms with Gasteiger partial charge in [-0.15, -0.1) is 0 Å². The Morgan fingerprint density at radius 3 is 2.33 bits per heavy atom. The Balaban J connectivity index is 2.49. The predicted octanol–water partition coefficient (Wildman–Crippen LogP) is 3.64. The van der Waals surface area contributed by atoms with Gasteiger partial charge in [-0.05, 0) is 13.0 Å². The summed E-state index contributed by atoms with van der Waals surface area (Å²) in [4.78, 5) is 23.3. The van der Waals surface area contributed by atoms with Gasteiger partial charge >= 0.3 is 18.2 Å². The number of alkyl carbamates (subject to hydrolysis) is 1. The molecule has 0 fully saturated rings. The third-order valence-electron chi connectivity index (χ3n) is 3.50. The zero-order chi connectivity index (χ0) is 20.1. The summed E-state index contributed by atoms with van der Waals surface area (Å²) in [7, 11) is 0.938. The summed E-state index contributed by atoms with van der Waals surface area (Å²) in [6.07, 6.45) is -6.32. The maximum atomic E-state index is 14.1. The average Bonchev–Trinajstić information content (AvgIpc) is 3.09. The van der Waals surface area contributed by atoms with Crippen LogP contribution in [-0.2, 0) is 15.1 Å². The van der Waals surface area contributed by atoms with Gasteiger partial charge in [0.25, 0.3) is 0 Å². The van der Waals surface area contributed by atoms with Crippen molar-refractivity contribution >= 4 is 17.9 Å². The van der Waals surface area contributed by atoms with Crippen LogP contribution in [0, 0.1) is 0 Å². The van der Waals surface area contributed by atoms with E-state index in [4.69, 9.17) is 9.15 Å². The minimum atomic E-state index is -5.00. The summed E-state index contributed by atoms with van der Waals surface area (Å²) in [5.74, 6) is -1.53. The summed E-state index contributed by atoms with van der Waals surface area (Å²) >= 11 is 0. The van der Waals surface area contributed by atoms with E-state index in [9.17, 15) is 22.8 Å². The minimum Gasteiger partial charge on any atom is -0.460 e. The Hall–Kier alpha value is -3.17. The van der Waals surface area contributed by atoms with Gasteiger partial charge < -0.3 is 19.2 Å². The molecule has 2 rings (SSSR count). The molecular weight excluding hydrogens is 369 g/mol. The highest BCUT2D eigenvalue weighted by Gasteiger charge is 2.58. The average molecular weight is 386 g/mol. The molecule has 1 atom stereocenters. The second-order valence-electron chi connectivity index (χ2n) is 5.24. The molecule has 1 unspecified atom stereocenters. The maximum absolute atomic E-state index is 14.1. The van der Waals surface area contributed by atoms with Crippen molar-refractivity contribution in [2.24, 2.45) is 0 Å². The van der Waals surface area contributed by atoms with Crippen LogP contribution < -0.4 is 10.6 Å². The Labute approximate surface area is 152 Å². The number of rotatable bonds is 6. The number of furan rings is 1. The SMILES string of the molecule is CCOC(=O)c1ccc(NC(NC(=O)OC)(c2ccccc2)C(F)(F)F)o1. The second-order valence-corrected chi connectivity index (χ2v) is 5.24. The van der Waals surface area contributed by atoms with Crippen molar-refractivity contribution < 1.29 is 36.7 Å². The molecule has 0 aliphatic heterocycles. The first-order chi connectivity index (χ1) is 12.7. The number of alkyl halides is 3. The Morgan fingerprint density at radius 2 is 1.78 bits per heavy atom. The van der Waals surface area contributed by atoms with Crippen molar-refractivity contribution in [1.82, 2.24) is 5.32 Å². The molecule has 1 aromatic carbocycles. The topological polar surface area (TPSA) is 89.8 Å². The van der Waals surface area contributed by atoms with E-state index < -0.39 is 29.8 Å². The van der Waals surface area contributed by atoms with Crippen LogP contribution in [0.2, 0.25) is 0 Å². The van der Waals surface area contributed by atoms with Crippen molar-refractivity contribution in [2.75, 3.05) is 19.0 Å². The van der Waals surface area contributed by atoms with Gasteiger partial charge in [-0.2, -0.15) is 13.2 Å². The first-order valence-corrected chi connectivity index (χ1v) is 7.77. The smallest absolute Gasteiger partial charge is 0.435 e. The van der Waals surface area contributed by atoms with Gasteiger partial charge in [-0.25, -0.2) is 9.59 Å². The molecule has 1 aromatic heterocycles. The van der Waals surface area contributed by atoms with Crippen LogP contribution in [0.25, 0.3) is 0 Å². The summed E-state index contributed by atoms with van der Waals surface area (Å²) < 4.78 is 56.4. The van der Waals surface area contributed by atoms with Crippen LogP contribution in [-0.4, -0.2) is 32.0 Å². The molecule has 2 N–H and O–H groups in total. The number of nitrogens with one attached hydrogen (secondary N) is 2. The largest absolute Gasteiger partial charge is 0.460 e. The van der Waals surface area contributed by atoms with Gasteiger partial charge in [-0.3, -0.25) is 5.32 Å². The van der Waals surface area contributed by atoms with E-state index in [1.165, 1.54) is 30.3 Å². The molecule has 0 saturated heterocycles. The van der Waals surface area contributed by atoms with Crippen molar-refractivity contribution in [3.05, 3.63) is 53.8 Å². The molecular formula is C17H17F3N2O5. The minimum absolute atomic E-state index is 0.0721. The molecule has 0 bridgehead atoms. The predicted molar refractivity (Wildman–Crippen MR) is 88.0 cm³/mol. The van der Waals surface area contributed by atoms with E-state index in [1.807, 2.05) is 0 Å². The number of carbonyl (C=O) groups excluding carboxylic acids is 2. The second kappa shape index (κ2) is 8.02. The highest BCUT2D eigenvalue weighted by atomic mass is 19.4. The molecule has 146 valence electrons. The third kappa shape index (κ3) is 4.33. The number of anilines is 1. The van der Waals surface area contributed by atoms with E-state index in [0.29, 0.717) is 0 Å². The number of benzene rings is 1. The fraction of sp³-hybridized carbons (Fsp3) is 0.294. The molecule has 0 aliphatic carbocycles. The summed E-state index contributed by atoms with van der Waals surface area (Å²) in [5.41, 5.74) is -3.39.